The largest absolute Gasteiger partial charge is 0.340 e. The molecule has 98 valence electrons. The first-order valence-corrected chi connectivity index (χ1v) is 6.68. The number of amides is 1. The van der Waals surface area contributed by atoms with Gasteiger partial charge >= 0.3 is 0 Å². The number of halogens is 1. The van der Waals surface area contributed by atoms with Gasteiger partial charge in [0.05, 0.1) is 5.54 Å². The molecular weight excluding hydrogens is 248 g/mol. The summed E-state index contributed by atoms with van der Waals surface area (Å²) >= 11 is 6.10. The highest BCUT2D eigenvalue weighted by Crippen LogP contribution is 2.29. The van der Waals surface area contributed by atoms with Gasteiger partial charge in [-0.15, -0.1) is 0 Å². The Morgan fingerprint density at radius 2 is 2.00 bits per heavy atom. The summed E-state index contributed by atoms with van der Waals surface area (Å²) in [7, 11) is 1.79. The van der Waals surface area contributed by atoms with Crippen molar-refractivity contribution in [3.8, 4) is 0 Å². The van der Waals surface area contributed by atoms with E-state index in [1.807, 2.05) is 24.3 Å². The van der Waals surface area contributed by atoms with E-state index in [1.54, 1.807) is 11.9 Å². The number of benzene rings is 1. The van der Waals surface area contributed by atoms with E-state index < -0.39 is 5.54 Å². The molecule has 0 bridgehead atoms. The molecule has 0 unspecified atom stereocenters. The summed E-state index contributed by atoms with van der Waals surface area (Å²) in [6.07, 6.45) is 3.67. The van der Waals surface area contributed by atoms with E-state index in [4.69, 9.17) is 17.3 Å². The van der Waals surface area contributed by atoms with Crippen molar-refractivity contribution in [1.82, 2.24) is 4.90 Å². The molecule has 18 heavy (non-hydrogen) atoms. The Morgan fingerprint density at radius 3 is 2.61 bits per heavy atom. The van der Waals surface area contributed by atoms with Gasteiger partial charge in [0.15, 0.2) is 0 Å². The van der Waals surface area contributed by atoms with E-state index in [-0.39, 0.29) is 5.91 Å². The predicted octanol–water partition coefficient (Wildman–Crippen LogP) is 2.57. The van der Waals surface area contributed by atoms with Crippen molar-refractivity contribution >= 4 is 17.5 Å². The smallest absolute Gasteiger partial charge is 0.242 e. The zero-order chi connectivity index (χ0) is 13.2. The highest BCUT2D eigenvalue weighted by Gasteiger charge is 2.38. The minimum Gasteiger partial charge on any atom is -0.340 e. The van der Waals surface area contributed by atoms with Crippen LogP contribution in [0.1, 0.15) is 31.2 Å². The molecule has 1 aromatic rings. The number of carbonyl (C=O) groups is 1. The number of rotatable bonds is 3. The lowest BCUT2D eigenvalue weighted by Gasteiger charge is -2.29. The highest BCUT2D eigenvalue weighted by molar-refractivity contribution is 6.31. The first kappa shape index (κ1) is 13.4. The van der Waals surface area contributed by atoms with Crippen LogP contribution in [0.15, 0.2) is 24.3 Å². The molecule has 4 heteroatoms. The number of nitrogens with zero attached hydrogens (tertiary/aromatic N) is 1. The van der Waals surface area contributed by atoms with Crippen LogP contribution in [0.4, 0.5) is 0 Å². The molecule has 1 aliphatic carbocycles. The van der Waals surface area contributed by atoms with E-state index in [2.05, 4.69) is 0 Å². The van der Waals surface area contributed by atoms with E-state index in [1.165, 1.54) is 0 Å². The Labute approximate surface area is 113 Å². The molecular formula is C14H19ClN2O. The number of carbonyl (C=O) groups excluding carboxylic acids is 1. The van der Waals surface area contributed by atoms with E-state index in [0.717, 1.165) is 31.2 Å². The molecule has 0 aliphatic heterocycles. The summed E-state index contributed by atoms with van der Waals surface area (Å²) in [6.45, 7) is 0.511. The fourth-order valence-electron chi connectivity index (χ4n) is 2.55. The molecule has 0 radical (unpaired) electrons. The van der Waals surface area contributed by atoms with Gasteiger partial charge in [0.1, 0.15) is 0 Å². The number of hydrogen-bond acceptors (Lipinski definition) is 2. The minimum atomic E-state index is -0.657. The zero-order valence-electron chi connectivity index (χ0n) is 10.7. The van der Waals surface area contributed by atoms with Gasteiger partial charge in [-0.2, -0.15) is 0 Å². The number of nitrogens with two attached hydrogens (primary N) is 1. The molecule has 0 saturated heterocycles. The number of hydrogen-bond donors (Lipinski definition) is 1. The summed E-state index contributed by atoms with van der Waals surface area (Å²) in [4.78, 5) is 14.0. The van der Waals surface area contributed by atoms with Crippen LogP contribution in [0, 0.1) is 0 Å². The highest BCUT2D eigenvalue weighted by atomic mass is 35.5. The zero-order valence-corrected chi connectivity index (χ0v) is 11.4. The van der Waals surface area contributed by atoms with Gasteiger partial charge in [-0.05, 0) is 24.5 Å². The fourth-order valence-corrected chi connectivity index (χ4v) is 2.75. The first-order chi connectivity index (χ1) is 8.53. The standard InChI is InChI=1S/C14H19ClN2O/c1-17(10-11-6-2-3-7-12(11)15)13(18)14(16)8-4-5-9-14/h2-3,6-7H,4-5,8-10,16H2,1H3. The lowest BCUT2D eigenvalue weighted by molar-refractivity contribution is -0.136. The lowest BCUT2D eigenvalue weighted by Crippen LogP contribution is -2.52. The molecule has 2 N–H and O–H groups in total. The molecule has 0 spiro atoms. The van der Waals surface area contributed by atoms with Crippen LogP contribution >= 0.6 is 11.6 Å². The average molecular weight is 267 g/mol. The third-order valence-corrected chi connectivity index (χ3v) is 4.00. The molecule has 2 rings (SSSR count). The quantitative estimate of drug-likeness (QED) is 0.914. The van der Waals surface area contributed by atoms with Gasteiger partial charge in [0.25, 0.3) is 0 Å². The minimum absolute atomic E-state index is 0.0277. The van der Waals surface area contributed by atoms with Crippen LogP contribution in [0.3, 0.4) is 0 Å². The summed E-state index contributed by atoms with van der Waals surface area (Å²) < 4.78 is 0. The SMILES string of the molecule is CN(Cc1ccccc1Cl)C(=O)C1(N)CCCC1. The van der Waals surface area contributed by atoms with Crippen molar-refractivity contribution in [2.24, 2.45) is 5.73 Å². The molecule has 1 aliphatic rings. The Bertz CT molecular complexity index is 441. The van der Waals surface area contributed by atoms with Gasteiger partial charge < -0.3 is 10.6 Å². The van der Waals surface area contributed by atoms with E-state index in [9.17, 15) is 4.79 Å². The second-order valence-electron chi connectivity index (χ2n) is 5.12. The number of likely N-dealkylation sites (N-methyl/N-ethyl adjacent to an activating group) is 1. The average Bonchev–Trinajstić information content (AvgIpc) is 2.79. The Balaban J connectivity index is 2.06. The maximum atomic E-state index is 12.3. The molecule has 0 aromatic heterocycles. The summed E-state index contributed by atoms with van der Waals surface area (Å²) in [5.74, 6) is 0.0277. The molecule has 3 nitrogen and oxygen atoms in total. The van der Waals surface area contributed by atoms with Gasteiger partial charge in [-0.3, -0.25) is 4.79 Å². The topological polar surface area (TPSA) is 46.3 Å². The van der Waals surface area contributed by atoms with E-state index >= 15 is 0 Å². The Kier molecular flexibility index (Phi) is 3.93. The van der Waals surface area contributed by atoms with Crippen molar-refractivity contribution in [2.75, 3.05) is 7.05 Å². The summed E-state index contributed by atoms with van der Waals surface area (Å²) in [5.41, 5.74) is 6.47. The second kappa shape index (κ2) is 5.29. The van der Waals surface area contributed by atoms with Crippen molar-refractivity contribution in [3.63, 3.8) is 0 Å². The fraction of sp³-hybridized carbons (Fsp3) is 0.500. The van der Waals surface area contributed by atoms with Gasteiger partial charge in [0.2, 0.25) is 5.91 Å². The molecule has 1 saturated carbocycles. The van der Waals surface area contributed by atoms with Gasteiger partial charge in [-0.25, -0.2) is 0 Å². The summed E-state index contributed by atoms with van der Waals surface area (Å²) in [5, 5.41) is 0.689. The van der Waals surface area contributed by atoms with Crippen molar-refractivity contribution in [1.29, 1.82) is 0 Å². The predicted molar refractivity (Wildman–Crippen MR) is 73.3 cm³/mol. The van der Waals surface area contributed by atoms with Crippen molar-refractivity contribution in [3.05, 3.63) is 34.9 Å². The Morgan fingerprint density at radius 1 is 1.39 bits per heavy atom. The van der Waals surface area contributed by atoms with Gasteiger partial charge in [-0.1, -0.05) is 42.6 Å². The second-order valence-corrected chi connectivity index (χ2v) is 5.52. The van der Waals surface area contributed by atoms with E-state index in [0.29, 0.717) is 11.6 Å². The third kappa shape index (κ3) is 2.68. The van der Waals surface area contributed by atoms with Gasteiger partial charge in [0, 0.05) is 18.6 Å². The molecule has 1 amide bonds. The molecule has 1 fully saturated rings. The van der Waals surface area contributed by atoms with Crippen molar-refractivity contribution in [2.45, 2.75) is 37.8 Å². The Hall–Kier alpha value is -1.06. The van der Waals surface area contributed by atoms with Crippen molar-refractivity contribution < 1.29 is 4.79 Å². The van der Waals surface area contributed by atoms with Crippen LogP contribution < -0.4 is 5.73 Å². The van der Waals surface area contributed by atoms with Crippen LogP contribution in [-0.2, 0) is 11.3 Å². The van der Waals surface area contributed by atoms with Crippen LogP contribution in [-0.4, -0.2) is 23.4 Å². The van der Waals surface area contributed by atoms with Crippen LogP contribution in [0.5, 0.6) is 0 Å². The maximum Gasteiger partial charge on any atom is 0.242 e. The molecule has 1 aromatic carbocycles. The summed E-state index contributed by atoms with van der Waals surface area (Å²) in [6, 6.07) is 7.58. The van der Waals surface area contributed by atoms with Crippen LogP contribution in [0.2, 0.25) is 5.02 Å². The maximum absolute atomic E-state index is 12.3. The lowest BCUT2D eigenvalue weighted by atomic mass is 9.97. The monoisotopic (exact) mass is 266 g/mol. The molecule has 0 heterocycles. The first-order valence-electron chi connectivity index (χ1n) is 6.31. The molecule has 0 atom stereocenters. The van der Waals surface area contributed by atoms with Crippen LogP contribution in [0.25, 0.3) is 0 Å². The third-order valence-electron chi connectivity index (χ3n) is 3.63. The normalized spacial score (nSPS) is 17.7.